The molecule has 0 aliphatic heterocycles. The summed E-state index contributed by atoms with van der Waals surface area (Å²) < 4.78 is 0. The lowest BCUT2D eigenvalue weighted by molar-refractivity contribution is -0.383. The summed E-state index contributed by atoms with van der Waals surface area (Å²) in [5.74, 6) is 0. The van der Waals surface area contributed by atoms with Gasteiger partial charge in [0.1, 0.15) is 16.3 Å². The average Bonchev–Trinajstić information content (AvgIpc) is 2.26. The summed E-state index contributed by atoms with van der Waals surface area (Å²) in [5, 5.41) is 31.9. The van der Waals surface area contributed by atoms with Crippen LogP contribution in [0.2, 0.25) is 5.02 Å². The highest BCUT2D eigenvalue weighted by Gasteiger charge is 2.22. The van der Waals surface area contributed by atoms with Crippen molar-refractivity contribution < 1.29 is 15.1 Å². The highest BCUT2D eigenvalue weighted by molar-refractivity contribution is 6.33. The van der Waals surface area contributed by atoms with E-state index in [0.717, 1.165) is 0 Å². The Hall–Kier alpha value is -1.37. The number of nitro groups is 1. The molecule has 0 radical (unpaired) electrons. The van der Waals surface area contributed by atoms with Crippen molar-refractivity contribution in [1.82, 2.24) is 0 Å². The number of hydrogen-bond donors (Lipinski definition) is 3. The van der Waals surface area contributed by atoms with Crippen LogP contribution < -0.4 is 5.32 Å². The number of halogens is 1. The van der Waals surface area contributed by atoms with Crippen LogP contribution in [0.15, 0.2) is 18.2 Å². The van der Waals surface area contributed by atoms with E-state index in [1.807, 2.05) is 0 Å². The van der Waals surface area contributed by atoms with E-state index in [9.17, 15) is 15.2 Å². The summed E-state index contributed by atoms with van der Waals surface area (Å²) in [6, 6.07) is 4.46. The topological polar surface area (TPSA) is 95.6 Å². The van der Waals surface area contributed by atoms with Crippen LogP contribution in [0.5, 0.6) is 0 Å². The van der Waals surface area contributed by atoms with E-state index in [1.165, 1.54) is 19.1 Å². The maximum atomic E-state index is 10.8. The average molecular weight is 261 g/mol. The van der Waals surface area contributed by atoms with Crippen LogP contribution in [0.1, 0.15) is 6.92 Å². The van der Waals surface area contributed by atoms with Gasteiger partial charge in [-0.15, -0.1) is 0 Å². The van der Waals surface area contributed by atoms with Crippen molar-refractivity contribution in [3.05, 3.63) is 33.3 Å². The zero-order chi connectivity index (χ0) is 13.1. The summed E-state index contributed by atoms with van der Waals surface area (Å²) in [5.41, 5.74) is -1.39. The Bertz CT molecular complexity index is 423. The van der Waals surface area contributed by atoms with Gasteiger partial charge in [0, 0.05) is 6.54 Å². The van der Waals surface area contributed by atoms with Crippen molar-refractivity contribution in [2.24, 2.45) is 0 Å². The van der Waals surface area contributed by atoms with Crippen molar-refractivity contribution in [3.63, 3.8) is 0 Å². The lowest BCUT2D eigenvalue weighted by atomic mass is 10.1. The molecule has 94 valence electrons. The van der Waals surface area contributed by atoms with Crippen LogP contribution in [0.25, 0.3) is 0 Å². The molecule has 1 unspecified atom stereocenters. The van der Waals surface area contributed by atoms with Crippen molar-refractivity contribution in [2.45, 2.75) is 12.5 Å². The van der Waals surface area contributed by atoms with Gasteiger partial charge in [0.15, 0.2) is 0 Å². The van der Waals surface area contributed by atoms with E-state index in [1.54, 1.807) is 6.07 Å². The number of nitrogens with one attached hydrogen (secondary N) is 1. The zero-order valence-corrected chi connectivity index (χ0v) is 9.94. The molecule has 1 atom stereocenters. The molecule has 0 spiro atoms. The molecule has 0 bridgehead atoms. The SMILES string of the molecule is CC(O)(CO)CNc1cccc(Cl)c1[N+](=O)[O-]. The van der Waals surface area contributed by atoms with Gasteiger partial charge in [-0.3, -0.25) is 10.1 Å². The number of rotatable bonds is 5. The third kappa shape index (κ3) is 3.55. The molecule has 0 saturated heterocycles. The molecule has 0 aromatic heterocycles. The Morgan fingerprint density at radius 1 is 1.59 bits per heavy atom. The van der Waals surface area contributed by atoms with Crippen molar-refractivity contribution in [1.29, 1.82) is 0 Å². The highest BCUT2D eigenvalue weighted by Crippen LogP contribution is 2.32. The van der Waals surface area contributed by atoms with Gasteiger partial charge in [-0.2, -0.15) is 0 Å². The minimum Gasteiger partial charge on any atom is -0.393 e. The Balaban J connectivity index is 2.92. The van der Waals surface area contributed by atoms with E-state index >= 15 is 0 Å². The fraction of sp³-hybridized carbons (Fsp3) is 0.400. The van der Waals surface area contributed by atoms with Gasteiger partial charge in [-0.05, 0) is 19.1 Å². The maximum absolute atomic E-state index is 10.8. The normalized spacial score (nSPS) is 14.1. The highest BCUT2D eigenvalue weighted by atomic mass is 35.5. The number of anilines is 1. The summed E-state index contributed by atoms with van der Waals surface area (Å²) >= 11 is 5.71. The van der Waals surface area contributed by atoms with E-state index in [2.05, 4.69) is 5.32 Å². The number of benzene rings is 1. The molecule has 7 heteroatoms. The Morgan fingerprint density at radius 2 is 2.24 bits per heavy atom. The number of para-hydroxylation sites is 1. The van der Waals surface area contributed by atoms with Crippen LogP contribution >= 0.6 is 11.6 Å². The van der Waals surface area contributed by atoms with E-state index in [0.29, 0.717) is 0 Å². The van der Waals surface area contributed by atoms with Gasteiger partial charge in [-0.1, -0.05) is 17.7 Å². The van der Waals surface area contributed by atoms with Gasteiger partial charge >= 0.3 is 5.69 Å². The monoisotopic (exact) mass is 260 g/mol. The molecule has 0 fully saturated rings. The first-order chi connectivity index (χ1) is 7.87. The fourth-order valence-corrected chi connectivity index (χ4v) is 1.43. The van der Waals surface area contributed by atoms with Gasteiger partial charge in [0.05, 0.1) is 11.5 Å². The van der Waals surface area contributed by atoms with Crippen molar-refractivity contribution in [2.75, 3.05) is 18.5 Å². The molecule has 3 N–H and O–H groups in total. The maximum Gasteiger partial charge on any atom is 0.310 e. The Labute approximate surface area is 103 Å². The van der Waals surface area contributed by atoms with Crippen LogP contribution in [-0.2, 0) is 0 Å². The van der Waals surface area contributed by atoms with Crippen LogP contribution in [0.3, 0.4) is 0 Å². The summed E-state index contributed by atoms with van der Waals surface area (Å²) in [6.07, 6.45) is 0. The second kappa shape index (κ2) is 5.31. The first kappa shape index (κ1) is 13.7. The molecule has 6 nitrogen and oxygen atoms in total. The third-order valence-corrected chi connectivity index (χ3v) is 2.47. The second-order valence-electron chi connectivity index (χ2n) is 3.90. The predicted molar refractivity (Wildman–Crippen MR) is 64.3 cm³/mol. The Morgan fingerprint density at radius 3 is 2.76 bits per heavy atom. The molecule has 1 aromatic rings. The molecule has 0 amide bonds. The third-order valence-electron chi connectivity index (χ3n) is 2.17. The number of nitro benzene ring substituents is 1. The molecule has 1 rings (SSSR count). The number of aliphatic hydroxyl groups is 2. The quantitative estimate of drug-likeness (QED) is 0.549. The van der Waals surface area contributed by atoms with Crippen LogP contribution in [0, 0.1) is 10.1 Å². The van der Waals surface area contributed by atoms with Gasteiger partial charge in [0.2, 0.25) is 0 Å². The second-order valence-corrected chi connectivity index (χ2v) is 4.31. The minimum absolute atomic E-state index is 0.0173. The lowest BCUT2D eigenvalue weighted by Crippen LogP contribution is -2.37. The smallest absolute Gasteiger partial charge is 0.310 e. The lowest BCUT2D eigenvalue weighted by Gasteiger charge is -2.21. The number of aliphatic hydroxyl groups excluding tert-OH is 1. The molecular formula is C10H13ClN2O4. The molecule has 1 aromatic carbocycles. The molecule has 17 heavy (non-hydrogen) atoms. The molecule has 0 saturated carbocycles. The van der Waals surface area contributed by atoms with E-state index in [-0.39, 0.29) is 22.9 Å². The van der Waals surface area contributed by atoms with Crippen LogP contribution in [0.4, 0.5) is 11.4 Å². The van der Waals surface area contributed by atoms with Crippen LogP contribution in [-0.4, -0.2) is 33.9 Å². The first-order valence-corrected chi connectivity index (χ1v) is 5.25. The first-order valence-electron chi connectivity index (χ1n) is 4.87. The van der Waals surface area contributed by atoms with E-state index < -0.39 is 17.1 Å². The predicted octanol–water partition coefficient (Wildman–Crippen LogP) is 1.40. The molecule has 0 aliphatic rings. The number of hydrogen-bond acceptors (Lipinski definition) is 5. The minimum atomic E-state index is -1.35. The summed E-state index contributed by atoms with van der Waals surface area (Å²) in [4.78, 5) is 10.2. The largest absolute Gasteiger partial charge is 0.393 e. The van der Waals surface area contributed by atoms with E-state index in [4.69, 9.17) is 16.7 Å². The van der Waals surface area contributed by atoms with Gasteiger partial charge in [-0.25, -0.2) is 0 Å². The molecule has 0 aliphatic carbocycles. The van der Waals surface area contributed by atoms with Crippen molar-refractivity contribution >= 4 is 23.0 Å². The van der Waals surface area contributed by atoms with Gasteiger partial charge < -0.3 is 15.5 Å². The standard InChI is InChI=1S/C10H13ClN2O4/c1-10(15,6-14)5-12-8-4-2-3-7(11)9(8)13(16)17/h2-4,12,14-15H,5-6H2,1H3. The van der Waals surface area contributed by atoms with Crippen molar-refractivity contribution in [3.8, 4) is 0 Å². The molecular weight excluding hydrogens is 248 g/mol. The molecule has 0 heterocycles. The van der Waals surface area contributed by atoms with Gasteiger partial charge in [0.25, 0.3) is 0 Å². The number of nitrogens with zero attached hydrogens (tertiary/aromatic N) is 1. The fourth-order valence-electron chi connectivity index (χ4n) is 1.19. The Kier molecular flexibility index (Phi) is 4.28. The zero-order valence-electron chi connectivity index (χ0n) is 9.18. The summed E-state index contributed by atoms with van der Waals surface area (Å²) in [6.45, 7) is 0.940. The summed E-state index contributed by atoms with van der Waals surface area (Å²) in [7, 11) is 0.